The van der Waals surface area contributed by atoms with Gasteiger partial charge in [-0.25, -0.2) is 0 Å². The van der Waals surface area contributed by atoms with Gasteiger partial charge < -0.3 is 10.1 Å². The van der Waals surface area contributed by atoms with Crippen LogP contribution in [0, 0.1) is 0 Å². The SMILES string of the molecule is C1CC2COC(C1)CN2. The van der Waals surface area contributed by atoms with Crippen molar-refractivity contribution in [2.24, 2.45) is 0 Å². The monoisotopic (exact) mass is 127 g/mol. The molecule has 2 nitrogen and oxygen atoms in total. The van der Waals surface area contributed by atoms with Gasteiger partial charge in [-0.05, 0) is 19.3 Å². The van der Waals surface area contributed by atoms with Gasteiger partial charge in [-0.2, -0.15) is 0 Å². The van der Waals surface area contributed by atoms with Gasteiger partial charge in [-0.15, -0.1) is 0 Å². The van der Waals surface area contributed by atoms with Gasteiger partial charge in [0.05, 0.1) is 12.7 Å². The summed E-state index contributed by atoms with van der Waals surface area (Å²) in [7, 11) is 0. The summed E-state index contributed by atoms with van der Waals surface area (Å²) in [6, 6.07) is 0.670. The molecule has 0 aromatic carbocycles. The summed E-state index contributed by atoms with van der Waals surface area (Å²) in [4.78, 5) is 0. The maximum absolute atomic E-state index is 5.54. The molecule has 3 aliphatic rings. The minimum absolute atomic E-state index is 0.531. The van der Waals surface area contributed by atoms with E-state index in [9.17, 15) is 0 Å². The molecule has 0 aromatic heterocycles. The van der Waals surface area contributed by atoms with Gasteiger partial charge in [0, 0.05) is 12.6 Å². The van der Waals surface area contributed by atoms with Crippen molar-refractivity contribution in [3.63, 3.8) is 0 Å². The van der Waals surface area contributed by atoms with E-state index in [1.54, 1.807) is 0 Å². The molecule has 3 rings (SSSR count). The van der Waals surface area contributed by atoms with E-state index in [1.807, 2.05) is 0 Å². The van der Waals surface area contributed by atoms with Crippen molar-refractivity contribution < 1.29 is 4.74 Å². The summed E-state index contributed by atoms with van der Waals surface area (Å²) < 4.78 is 5.54. The van der Waals surface area contributed by atoms with E-state index < -0.39 is 0 Å². The van der Waals surface area contributed by atoms with Crippen LogP contribution in [0.15, 0.2) is 0 Å². The van der Waals surface area contributed by atoms with Crippen LogP contribution in [0.1, 0.15) is 19.3 Å². The van der Waals surface area contributed by atoms with Crippen LogP contribution in [-0.4, -0.2) is 25.3 Å². The maximum Gasteiger partial charge on any atom is 0.0700 e. The fourth-order valence-electron chi connectivity index (χ4n) is 1.63. The topological polar surface area (TPSA) is 21.3 Å². The first-order valence-electron chi connectivity index (χ1n) is 3.80. The molecule has 3 aliphatic heterocycles. The zero-order valence-electron chi connectivity index (χ0n) is 5.60. The molecule has 0 amide bonds. The molecule has 0 aliphatic carbocycles. The van der Waals surface area contributed by atoms with E-state index in [-0.39, 0.29) is 0 Å². The number of ether oxygens (including phenoxy) is 1. The van der Waals surface area contributed by atoms with Crippen molar-refractivity contribution in [2.45, 2.75) is 31.4 Å². The predicted molar refractivity (Wildman–Crippen MR) is 35.4 cm³/mol. The third-order valence-corrected chi connectivity index (χ3v) is 2.25. The fraction of sp³-hybridized carbons (Fsp3) is 1.00. The third-order valence-electron chi connectivity index (χ3n) is 2.25. The van der Waals surface area contributed by atoms with Crippen LogP contribution in [-0.2, 0) is 4.74 Å². The number of nitrogens with one attached hydrogen (secondary N) is 1. The molecule has 1 N–H and O–H groups in total. The lowest BCUT2D eigenvalue weighted by atomic mass is 10.1. The molecule has 2 unspecified atom stereocenters. The molecule has 2 bridgehead atoms. The molecule has 0 saturated carbocycles. The zero-order valence-corrected chi connectivity index (χ0v) is 5.60. The lowest BCUT2D eigenvalue weighted by Gasteiger charge is -2.25. The molecular weight excluding hydrogens is 114 g/mol. The molecule has 0 radical (unpaired) electrons. The molecule has 0 spiro atoms. The van der Waals surface area contributed by atoms with Crippen LogP contribution in [0.2, 0.25) is 0 Å². The Hall–Kier alpha value is -0.0800. The largest absolute Gasteiger partial charge is 0.375 e. The van der Waals surface area contributed by atoms with Crippen LogP contribution in [0.25, 0.3) is 0 Å². The van der Waals surface area contributed by atoms with Crippen LogP contribution >= 0.6 is 0 Å². The Morgan fingerprint density at radius 1 is 1.33 bits per heavy atom. The minimum atomic E-state index is 0.531. The van der Waals surface area contributed by atoms with Crippen molar-refractivity contribution in [2.75, 3.05) is 13.2 Å². The summed E-state index contributed by atoms with van der Waals surface area (Å²) in [6.07, 6.45) is 4.46. The summed E-state index contributed by atoms with van der Waals surface area (Å²) in [5, 5.41) is 3.46. The summed E-state index contributed by atoms with van der Waals surface area (Å²) in [5.41, 5.74) is 0. The number of fused-ring (bicyclic) bond motifs is 4. The van der Waals surface area contributed by atoms with Gasteiger partial charge in [-0.3, -0.25) is 0 Å². The average Bonchev–Trinajstić information content (AvgIpc) is 2.21. The molecule has 2 heteroatoms. The van der Waals surface area contributed by atoms with Gasteiger partial charge in [0.15, 0.2) is 0 Å². The van der Waals surface area contributed by atoms with Crippen LogP contribution in [0.5, 0.6) is 0 Å². The lowest BCUT2D eigenvalue weighted by Crippen LogP contribution is -2.43. The van der Waals surface area contributed by atoms with E-state index in [0.29, 0.717) is 12.1 Å². The number of hydrogen-bond donors (Lipinski definition) is 1. The minimum Gasteiger partial charge on any atom is -0.375 e. The highest BCUT2D eigenvalue weighted by Gasteiger charge is 2.24. The second kappa shape index (κ2) is 2.27. The fourth-order valence-corrected chi connectivity index (χ4v) is 1.63. The predicted octanol–water partition coefficient (Wildman–Crippen LogP) is 0.527. The molecule has 3 saturated heterocycles. The summed E-state index contributed by atoms with van der Waals surface area (Å²) in [6.45, 7) is 2.04. The highest BCUT2D eigenvalue weighted by Crippen LogP contribution is 2.17. The van der Waals surface area contributed by atoms with Gasteiger partial charge in [-0.1, -0.05) is 0 Å². The summed E-state index contributed by atoms with van der Waals surface area (Å²) in [5.74, 6) is 0. The smallest absolute Gasteiger partial charge is 0.0700 e. The third kappa shape index (κ3) is 1.10. The Morgan fingerprint density at radius 3 is 3.11 bits per heavy atom. The highest BCUT2D eigenvalue weighted by atomic mass is 16.5. The van der Waals surface area contributed by atoms with Gasteiger partial charge in [0.1, 0.15) is 0 Å². The van der Waals surface area contributed by atoms with Crippen molar-refractivity contribution in [3.8, 4) is 0 Å². The highest BCUT2D eigenvalue weighted by molar-refractivity contribution is 4.80. The second-order valence-electron chi connectivity index (χ2n) is 2.99. The first kappa shape index (κ1) is 5.69. The number of rotatable bonds is 0. The van der Waals surface area contributed by atoms with E-state index in [1.165, 1.54) is 19.3 Å². The molecule has 3 fully saturated rings. The Bertz CT molecular complexity index is 79.6. The Labute approximate surface area is 55.6 Å². The number of hydrogen-bond acceptors (Lipinski definition) is 2. The number of morpholine rings is 1. The standard InChI is InChI=1S/C7H13NO/c1-2-6-5-9-7(3-1)4-8-6/h6-8H,1-5H2. The van der Waals surface area contributed by atoms with Crippen molar-refractivity contribution in [1.29, 1.82) is 0 Å². The van der Waals surface area contributed by atoms with Gasteiger partial charge >= 0.3 is 0 Å². The Balaban J connectivity index is 2.03. The van der Waals surface area contributed by atoms with Crippen LogP contribution in [0.3, 0.4) is 0 Å². The molecule has 2 atom stereocenters. The molecule has 52 valence electrons. The molecule has 0 aromatic rings. The van der Waals surface area contributed by atoms with E-state index in [0.717, 1.165) is 13.2 Å². The van der Waals surface area contributed by atoms with Crippen molar-refractivity contribution in [1.82, 2.24) is 5.32 Å². The Kier molecular flexibility index (Phi) is 1.44. The maximum atomic E-state index is 5.54. The Morgan fingerprint density at radius 2 is 2.33 bits per heavy atom. The first-order chi connectivity index (χ1) is 4.45. The second-order valence-corrected chi connectivity index (χ2v) is 2.99. The van der Waals surface area contributed by atoms with Gasteiger partial charge in [0.25, 0.3) is 0 Å². The van der Waals surface area contributed by atoms with Crippen molar-refractivity contribution >= 4 is 0 Å². The average molecular weight is 127 g/mol. The van der Waals surface area contributed by atoms with Crippen LogP contribution in [0.4, 0.5) is 0 Å². The van der Waals surface area contributed by atoms with E-state index >= 15 is 0 Å². The quantitative estimate of drug-likeness (QED) is 0.512. The molecule has 3 heterocycles. The van der Waals surface area contributed by atoms with Gasteiger partial charge in [0.2, 0.25) is 0 Å². The van der Waals surface area contributed by atoms with E-state index in [2.05, 4.69) is 5.32 Å². The van der Waals surface area contributed by atoms with Crippen molar-refractivity contribution in [3.05, 3.63) is 0 Å². The molecular formula is C7H13NO. The molecule has 9 heavy (non-hydrogen) atoms. The normalized spacial score (nSPS) is 42.7. The summed E-state index contributed by atoms with van der Waals surface area (Å²) >= 11 is 0. The van der Waals surface area contributed by atoms with Crippen LogP contribution < -0.4 is 5.32 Å². The first-order valence-corrected chi connectivity index (χ1v) is 3.80. The lowest BCUT2D eigenvalue weighted by molar-refractivity contribution is 0.0168. The van der Waals surface area contributed by atoms with E-state index in [4.69, 9.17) is 4.74 Å². The zero-order chi connectivity index (χ0) is 6.10.